The third kappa shape index (κ3) is 7.30. The number of hydrogen-bond donors (Lipinski definition) is 1. The highest BCUT2D eigenvalue weighted by atomic mass is 16.6. The van der Waals surface area contributed by atoms with Crippen LogP contribution in [0, 0.1) is 24.0 Å². The van der Waals surface area contributed by atoms with E-state index in [1.165, 1.54) is 25.5 Å². The van der Waals surface area contributed by atoms with Gasteiger partial charge in [-0.3, -0.25) is 14.9 Å². The standard InChI is InChI=1S/C34H31N5O7/c1-5-6-25-17-24(18-31(43-4)33(25)46-32-16-11-27(20-35-32)39(41)42)19-36-37-34(40)30-15-14-29(45-30)21-44-28-12-9-26(10-13-28)38-22(2)7-8-23(38)3/h5,7-20H,1,6,21H2,2-4H3,(H,37,40)/b36-19+. The Kier molecular flexibility index (Phi) is 9.57. The second-order valence-electron chi connectivity index (χ2n) is 10.1. The lowest BCUT2D eigenvalue weighted by atomic mass is 10.1. The number of aryl methyl sites for hydroxylation is 2. The number of nitro groups is 1. The molecule has 2 aromatic carbocycles. The number of hydrogen-bond acceptors (Lipinski definition) is 9. The van der Waals surface area contributed by atoms with Crippen LogP contribution in [0.25, 0.3) is 5.69 Å². The first-order valence-corrected chi connectivity index (χ1v) is 14.2. The molecule has 3 aromatic heterocycles. The third-order valence-corrected chi connectivity index (χ3v) is 6.89. The van der Waals surface area contributed by atoms with Gasteiger partial charge in [0.2, 0.25) is 5.88 Å². The van der Waals surface area contributed by atoms with E-state index in [-0.39, 0.29) is 23.9 Å². The van der Waals surface area contributed by atoms with Gasteiger partial charge in [-0.1, -0.05) is 6.08 Å². The van der Waals surface area contributed by atoms with Crippen molar-refractivity contribution in [3.05, 3.63) is 136 Å². The second kappa shape index (κ2) is 14.1. The minimum absolute atomic E-state index is 0.0777. The molecule has 0 aliphatic carbocycles. The molecular weight excluding hydrogens is 590 g/mol. The summed E-state index contributed by atoms with van der Waals surface area (Å²) in [5, 5.41) is 15.0. The van der Waals surface area contributed by atoms with Crippen molar-refractivity contribution in [3.63, 3.8) is 0 Å². The molecule has 0 aliphatic heterocycles. The molecule has 0 fully saturated rings. The summed E-state index contributed by atoms with van der Waals surface area (Å²) in [5.41, 5.74) is 6.95. The highest BCUT2D eigenvalue weighted by molar-refractivity contribution is 5.92. The zero-order chi connectivity index (χ0) is 32.6. The number of furan rings is 1. The minimum Gasteiger partial charge on any atom is -0.493 e. The van der Waals surface area contributed by atoms with Crippen molar-refractivity contribution in [1.29, 1.82) is 0 Å². The molecule has 1 N–H and O–H groups in total. The van der Waals surface area contributed by atoms with E-state index in [1.807, 2.05) is 24.3 Å². The second-order valence-corrected chi connectivity index (χ2v) is 10.1. The lowest BCUT2D eigenvalue weighted by Crippen LogP contribution is -2.16. The molecule has 0 saturated carbocycles. The van der Waals surface area contributed by atoms with Crippen molar-refractivity contribution in [3.8, 4) is 28.8 Å². The summed E-state index contributed by atoms with van der Waals surface area (Å²) in [7, 11) is 1.48. The SMILES string of the molecule is C=CCc1cc(/C=N/NC(=O)c2ccc(COc3ccc(-n4c(C)ccc4C)cc3)o2)cc(OC)c1Oc1ccc([N+](=O)[O-])cn1. The van der Waals surface area contributed by atoms with E-state index >= 15 is 0 Å². The average molecular weight is 622 g/mol. The quantitative estimate of drug-likeness (QED) is 0.0650. The van der Waals surface area contributed by atoms with Crippen molar-refractivity contribution in [2.75, 3.05) is 7.11 Å². The molecule has 12 heteroatoms. The molecule has 1 amide bonds. The predicted octanol–water partition coefficient (Wildman–Crippen LogP) is 6.86. The molecule has 12 nitrogen and oxygen atoms in total. The first-order valence-electron chi connectivity index (χ1n) is 14.2. The Hall–Kier alpha value is -6.17. The molecular formula is C34H31N5O7. The van der Waals surface area contributed by atoms with Gasteiger partial charge in [-0.15, -0.1) is 6.58 Å². The summed E-state index contributed by atoms with van der Waals surface area (Å²) in [6.45, 7) is 8.06. The van der Waals surface area contributed by atoms with Crippen LogP contribution in [0.5, 0.6) is 23.1 Å². The fourth-order valence-corrected chi connectivity index (χ4v) is 4.70. The predicted molar refractivity (Wildman–Crippen MR) is 171 cm³/mol. The molecule has 5 rings (SSSR count). The fraction of sp³-hybridized carbons (Fsp3) is 0.147. The number of benzene rings is 2. The molecule has 0 saturated heterocycles. The number of carbonyl (C=O) groups excluding carboxylic acids is 1. The maximum atomic E-state index is 12.7. The van der Waals surface area contributed by atoms with Gasteiger partial charge in [-0.25, -0.2) is 10.4 Å². The number of ether oxygens (including phenoxy) is 3. The van der Waals surface area contributed by atoms with E-state index in [1.54, 1.807) is 30.3 Å². The number of nitrogens with one attached hydrogen (secondary N) is 1. The topological polar surface area (TPSA) is 143 Å². The van der Waals surface area contributed by atoms with Gasteiger partial charge in [0.1, 0.15) is 24.3 Å². The van der Waals surface area contributed by atoms with Crippen molar-refractivity contribution in [2.45, 2.75) is 26.9 Å². The zero-order valence-corrected chi connectivity index (χ0v) is 25.4. The van der Waals surface area contributed by atoms with Crippen LogP contribution in [0.15, 0.2) is 101 Å². The fourth-order valence-electron chi connectivity index (χ4n) is 4.70. The molecule has 0 atom stereocenters. The van der Waals surface area contributed by atoms with Crippen molar-refractivity contribution < 1.29 is 28.3 Å². The summed E-state index contributed by atoms with van der Waals surface area (Å²) in [4.78, 5) is 27.1. The summed E-state index contributed by atoms with van der Waals surface area (Å²) in [6.07, 6.45) is 4.67. The normalized spacial score (nSPS) is 10.9. The van der Waals surface area contributed by atoms with E-state index < -0.39 is 10.8 Å². The van der Waals surface area contributed by atoms with E-state index in [2.05, 4.69) is 52.6 Å². The van der Waals surface area contributed by atoms with Gasteiger partial charge in [0.15, 0.2) is 17.3 Å². The maximum absolute atomic E-state index is 12.7. The molecule has 46 heavy (non-hydrogen) atoms. The van der Waals surface area contributed by atoms with Gasteiger partial charge < -0.3 is 23.2 Å². The molecule has 0 unspecified atom stereocenters. The largest absolute Gasteiger partial charge is 0.493 e. The van der Waals surface area contributed by atoms with Crippen molar-refractivity contribution in [1.82, 2.24) is 15.0 Å². The Labute approximate surface area is 264 Å². The number of methoxy groups -OCH3 is 1. The first kappa shape index (κ1) is 31.3. The number of carbonyl (C=O) groups is 1. The van der Waals surface area contributed by atoms with Gasteiger partial charge in [0.05, 0.1) is 18.2 Å². The van der Waals surface area contributed by atoms with Gasteiger partial charge >= 0.3 is 5.91 Å². The number of aromatic nitrogens is 2. The lowest BCUT2D eigenvalue weighted by Gasteiger charge is -2.14. The molecule has 0 spiro atoms. The van der Waals surface area contributed by atoms with Gasteiger partial charge in [0, 0.05) is 34.8 Å². The summed E-state index contributed by atoms with van der Waals surface area (Å²) >= 11 is 0. The van der Waals surface area contributed by atoms with E-state index in [0.717, 1.165) is 23.3 Å². The van der Waals surface area contributed by atoms with Crippen LogP contribution in [-0.4, -0.2) is 33.7 Å². The average Bonchev–Trinajstić information content (AvgIpc) is 3.67. The molecule has 0 radical (unpaired) electrons. The Morgan fingerprint density at radius 1 is 1.09 bits per heavy atom. The lowest BCUT2D eigenvalue weighted by molar-refractivity contribution is -0.385. The Morgan fingerprint density at radius 2 is 1.85 bits per heavy atom. The van der Waals surface area contributed by atoms with E-state index in [0.29, 0.717) is 40.6 Å². The van der Waals surface area contributed by atoms with Gasteiger partial charge in [-0.2, -0.15) is 5.10 Å². The molecule has 3 heterocycles. The number of pyridine rings is 1. The molecule has 234 valence electrons. The number of rotatable bonds is 13. The van der Waals surface area contributed by atoms with Crippen LogP contribution in [0.1, 0.15) is 38.8 Å². The number of hydrazone groups is 1. The smallest absolute Gasteiger partial charge is 0.307 e. The first-order chi connectivity index (χ1) is 22.2. The third-order valence-electron chi connectivity index (χ3n) is 6.89. The van der Waals surface area contributed by atoms with Crippen LogP contribution < -0.4 is 19.6 Å². The van der Waals surface area contributed by atoms with Crippen molar-refractivity contribution >= 4 is 17.8 Å². The van der Waals surface area contributed by atoms with Crippen LogP contribution in [0.2, 0.25) is 0 Å². The summed E-state index contributed by atoms with van der Waals surface area (Å²) in [5.74, 6) is 1.59. The molecule has 5 aromatic rings. The van der Waals surface area contributed by atoms with Crippen LogP contribution in [0.4, 0.5) is 5.69 Å². The Balaban J connectivity index is 1.20. The highest BCUT2D eigenvalue weighted by Gasteiger charge is 2.16. The van der Waals surface area contributed by atoms with Gasteiger partial charge in [0.25, 0.3) is 5.69 Å². The number of allylic oxidation sites excluding steroid dienone is 1. The number of nitrogens with zero attached hydrogens (tertiary/aromatic N) is 4. The number of amides is 1. The van der Waals surface area contributed by atoms with E-state index in [9.17, 15) is 14.9 Å². The summed E-state index contributed by atoms with van der Waals surface area (Å²) < 4.78 is 25.1. The van der Waals surface area contributed by atoms with Crippen LogP contribution >= 0.6 is 0 Å². The Bertz CT molecular complexity index is 1870. The summed E-state index contributed by atoms with van der Waals surface area (Å²) in [6, 6.07) is 21.3. The van der Waals surface area contributed by atoms with Crippen LogP contribution in [-0.2, 0) is 13.0 Å². The highest BCUT2D eigenvalue weighted by Crippen LogP contribution is 2.36. The monoisotopic (exact) mass is 621 g/mol. The van der Waals surface area contributed by atoms with E-state index in [4.69, 9.17) is 18.6 Å². The zero-order valence-electron chi connectivity index (χ0n) is 25.4. The molecule has 0 aliphatic rings. The minimum atomic E-state index is -0.541. The Morgan fingerprint density at radius 3 is 2.50 bits per heavy atom. The van der Waals surface area contributed by atoms with Gasteiger partial charge in [-0.05, 0) is 86.5 Å². The molecule has 0 bridgehead atoms. The van der Waals surface area contributed by atoms with Crippen molar-refractivity contribution in [2.24, 2.45) is 5.10 Å². The van der Waals surface area contributed by atoms with Crippen LogP contribution in [0.3, 0.4) is 0 Å². The maximum Gasteiger partial charge on any atom is 0.307 e.